The summed E-state index contributed by atoms with van der Waals surface area (Å²) >= 11 is 1.34. The number of carbonyl (C=O) groups excluding carboxylic acids is 1. The number of benzene rings is 1. The van der Waals surface area contributed by atoms with Gasteiger partial charge in [-0.3, -0.25) is 4.79 Å². The molecule has 1 amide bonds. The SMILES string of the molecule is CCC(C)(C)C1CCc2nc(SCC(=O)Nc3ccccc3)c(C#N)cc2C1. The number of rotatable bonds is 6. The van der Waals surface area contributed by atoms with Crippen molar-refractivity contribution in [2.45, 2.75) is 51.5 Å². The van der Waals surface area contributed by atoms with E-state index in [1.54, 1.807) is 0 Å². The Labute approximate surface area is 171 Å². The van der Waals surface area contributed by atoms with Crippen LogP contribution in [-0.2, 0) is 17.6 Å². The fourth-order valence-corrected chi connectivity index (χ4v) is 4.42. The van der Waals surface area contributed by atoms with Gasteiger partial charge in [-0.05, 0) is 54.4 Å². The largest absolute Gasteiger partial charge is 0.325 e. The van der Waals surface area contributed by atoms with Crippen LogP contribution in [0.2, 0.25) is 0 Å². The fourth-order valence-electron chi connectivity index (χ4n) is 3.64. The van der Waals surface area contributed by atoms with Gasteiger partial charge in [0.15, 0.2) is 0 Å². The Kier molecular flexibility index (Phi) is 6.41. The van der Waals surface area contributed by atoms with Gasteiger partial charge in [0.1, 0.15) is 11.1 Å². The Morgan fingerprint density at radius 3 is 2.79 bits per heavy atom. The maximum absolute atomic E-state index is 12.2. The van der Waals surface area contributed by atoms with Crippen molar-refractivity contribution in [1.82, 2.24) is 4.98 Å². The van der Waals surface area contributed by atoms with Crippen LogP contribution in [-0.4, -0.2) is 16.6 Å². The second kappa shape index (κ2) is 8.79. The molecule has 1 aliphatic rings. The molecule has 0 aliphatic heterocycles. The van der Waals surface area contributed by atoms with E-state index >= 15 is 0 Å². The number of anilines is 1. The second-order valence-electron chi connectivity index (χ2n) is 8.04. The number of hydrogen-bond acceptors (Lipinski definition) is 4. The zero-order valence-electron chi connectivity index (χ0n) is 16.8. The number of fused-ring (bicyclic) bond motifs is 1. The molecule has 28 heavy (non-hydrogen) atoms. The van der Waals surface area contributed by atoms with Crippen LogP contribution in [0.1, 0.15) is 50.4 Å². The lowest BCUT2D eigenvalue weighted by atomic mass is 9.69. The number of hydrogen-bond donors (Lipinski definition) is 1. The molecule has 1 N–H and O–H groups in total. The van der Waals surface area contributed by atoms with Crippen molar-refractivity contribution in [3.05, 3.63) is 53.2 Å². The second-order valence-corrected chi connectivity index (χ2v) is 9.01. The Bertz CT molecular complexity index is 887. The molecule has 0 radical (unpaired) electrons. The molecule has 1 aromatic carbocycles. The van der Waals surface area contributed by atoms with Crippen LogP contribution < -0.4 is 5.32 Å². The third kappa shape index (κ3) is 4.74. The molecule has 1 atom stereocenters. The topological polar surface area (TPSA) is 65.8 Å². The summed E-state index contributed by atoms with van der Waals surface area (Å²) in [6.45, 7) is 6.91. The highest BCUT2D eigenvalue weighted by molar-refractivity contribution is 8.00. The molecular weight excluding hydrogens is 366 g/mol. The van der Waals surface area contributed by atoms with Crippen LogP contribution in [0.5, 0.6) is 0 Å². The van der Waals surface area contributed by atoms with Gasteiger partial charge in [0.05, 0.1) is 11.3 Å². The minimum atomic E-state index is -0.0932. The van der Waals surface area contributed by atoms with Gasteiger partial charge in [0.2, 0.25) is 5.91 Å². The zero-order valence-corrected chi connectivity index (χ0v) is 17.6. The Balaban J connectivity index is 1.70. The van der Waals surface area contributed by atoms with Crippen LogP contribution in [0.15, 0.2) is 41.4 Å². The van der Waals surface area contributed by atoms with Crippen LogP contribution in [0.25, 0.3) is 0 Å². The van der Waals surface area contributed by atoms with E-state index in [0.29, 0.717) is 21.9 Å². The van der Waals surface area contributed by atoms with Gasteiger partial charge in [-0.1, -0.05) is 57.2 Å². The number of aryl methyl sites for hydroxylation is 1. The van der Waals surface area contributed by atoms with E-state index in [9.17, 15) is 10.1 Å². The first-order valence-electron chi connectivity index (χ1n) is 9.83. The average molecular weight is 394 g/mol. The monoisotopic (exact) mass is 393 g/mol. The summed E-state index contributed by atoms with van der Waals surface area (Å²) in [4.78, 5) is 17.0. The van der Waals surface area contributed by atoms with Crippen LogP contribution in [0.4, 0.5) is 5.69 Å². The number of pyridine rings is 1. The average Bonchev–Trinajstić information content (AvgIpc) is 2.71. The highest BCUT2D eigenvalue weighted by atomic mass is 32.2. The first-order chi connectivity index (χ1) is 13.4. The maximum Gasteiger partial charge on any atom is 0.234 e. The minimum Gasteiger partial charge on any atom is -0.325 e. The lowest BCUT2D eigenvalue weighted by molar-refractivity contribution is -0.113. The van der Waals surface area contributed by atoms with Crippen molar-refractivity contribution in [3.8, 4) is 6.07 Å². The summed E-state index contributed by atoms with van der Waals surface area (Å²) in [5.41, 5.74) is 3.94. The summed E-state index contributed by atoms with van der Waals surface area (Å²) in [5, 5.41) is 13.1. The van der Waals surface area contributed by atoms with Crippen LogP contribution in [0.3, 0.4) is 0 Å². The van der Waals surface area contributed by atoms with Crippen molar-refractivity contribution in [2.24, 2.45) is 11.3 Å². The molecule has 0 saturated heterocycles. The van der Waals surface area contributed by atoms with E-state index in [2.05, 4.69) is 32.2 Å². The molecule has 2 aromatic rings. The highest BCUT2D eigenvalue weighted by Gasteiger charge is 2.32. The smallest absolute Gasteiger partial charge is 0.234 e. The molecule has 0 spiro atoms. The molecule has 0 saturated carbocycles. The molecule has 1 unspecified atom stereocenters. The van der Waals surface area contributed by atoms with E-state index < -0.39 is 0 Å². The highest BCUT2D eigenvalue weighted by Crippen LogP contribution is 2.40. The molecule has 1 aliphatic carbocycles. The summed E-state index contributed by atoms with van der Waals surface area (Å²) in [7, 11) is 0. The predicted octanol–water partition coefficient (Wildman–Crippen LogP) is 5.23. The summed E-state index contributed by atoms with van der Waals surface area (Å²) < 4.78 is 0. The number of nitrogens with one attached hydrogen (secondary N) is 1. The molecule has 3 rings (SSSR count). The lowest BCUT2D eigenvalue weighted by Gasteiger charge is -2.37. The Morgan fingerprint density at radius 2 is 2.11 bits per heavy atom. The number of para-hydroxylation sites is 1. The molecule has 1 heterocycles. The summed E-state index contributed by atoms with van der Waals surface area (Å²) in [6.07, 6.45) is 4.21. The fraction of sp³-hybridized carbons (Fsp3) is 0.435. The van der Waals surface area contributed by atoms with Gasteiger partial charge >= 0.3 is 0 Å². The van der Waals surface area contributed by atoms with E-state index in [0.717, 1.165) is 37.1 Å². The molecule has 4 nitrogen and oxygen atoms in total. The van der Waals surface area contributed by atoms with Gasteiger partial charge in [0.25, 0.3) is 0 Å². The van der Waals surface area contributed by atoms with Crippen molar-refractivity contribution >= 4 is 23.4 Å². The van der Waals surface area contributed by atoms with Gasteiger partial charge < -0.3 is 5.32 Å². The third-order valence-electron chi connectivity index (χ3n) is 5.89. The number of amides is 1. The van der Waals surface area contributed by atoms with Gasteiger partial charge in [-0.2, -0.15) is 5.26 Å². The van der Waals surface area contributed by atoms with Crippen LogP contribution in [0, 0.1) is 22.7 Å². The zero-order chi connectivity index (χ0) is 20.1. The van der Waals surface area contributed by atoms with Crippen molar-refractivity contribution in [1.29, 1.82) is 5.26 Å². The van der Waals surface area contributed by atoms with Crippen LogP contribution >= 0.6 is 11.8 Å². The van der Waals surface area contributed by atoms with E-state index in [1.807, 2.05) is 36.4 Å². The number of nitrogens with zero attached hydrogens (tertiary/aromatic N) is 2. The van der Waals surface area contributed by atoms with Gasteiger partial charge in [0, 0.05) is 11.4 Å². The molecule has 1 aromatic heterocycles. The minimum absolute atomic E-state index is 0.0932. The molecule has 5 heteroatoms. The quantitative estimate of drug-likeness (QED) is 0.683. The molecule has 0 bridgehead atoms. The number of aromatic nitrogens is 1. The number of carbonyl (C=O) groups is 1. The lowest BCUT2D eigenvalue weighted by Crippen LogP contribution is -2.29. The Morgan fingerprint density at radius 1 is 1.36 bits per heavy atom. The summed E-state index contributed by atoms with van der Waals surface area (Å²) in [6, 6.07) is 13.7. The number of nitriles is 1. The first kappa shape index (κ1) is 20.4. The van der Waals surface area contributed by atoms with E-state index in [1.165, 1.54) is 17.3 Å². The third-order valence-corrected chi connectivity index (χ3v) is 6.88. The standard InChI is InChI=1S/C23H27N3OS/c1-4-23(2,3)18-10-11-20-16(13-18)12-17(14-24)22(26-20)28-15-21(27)25-19-8-6-5-7-9-19/h5-9,12,18H,4,10-11,13,15H2,1-3H3,(H,25,27). The Hall–Kier alpha value is -2.32. The normalized spacial score (nSPS) is 16.1. The first-order valence-corrected chi connectivity index (χ1v) is 10.8. The predicted molar refractivity (Wildman–Crippen MR) is 114 cm³/mol. The molecule has 0 fully saturated rings. The molecule has 146 valence electrons. The van der Waals surface area contributed by atoms with Crippen molar-refractivity contribution in [2.75, 3.05) is 11.1 Å². The van der Waals surface area contributed by atoms with Crippen molar-refractivity contribution < 1.29 is 4.79 Å². The van der Waals surface area contributed by atoms with E-state index in [4.69, 9.17) is 4.98 Å². The van der Waals surface area contributed by atoms with E-state index in [-0.39, 0.29) is 11.7 Å². The summed E-state index contributed by atoms with van der Waals surface area (Å²) in [5.74, 6) is 0.763. The van der Waals surface area contributed by atoms with Gasteiger partial charge in [-0.25, -0.2) is 4.98 Å². The van der Waals surface area contributed by atoms with Crippen molar-refractivity contribution in [3.63, 3.8) is 0 Å². The molecular formula is C23H27N3OS. The maximum atomic E-state index is 12.2. The van der Waals surface area contributed by atoms with Gasteiger partial charge in [-0.15, -0.1) is 0 Å². The number of thioether (sulfide) groups is 1.